The van der Waals surface area contributed by atoms with Crippen molar-refractivity contribution in [1.29, 1.82) is 0 Å². The molecule has 2 aromatic heterocycles. The van der Waals surface area contributed by atoms with Crippen LogP contribution in [0.15, 0.2) is 36.4 Å². The molecule has 1 N–H and O–H groups in total. The van der Waals surface area contributed by atoms with Gasteiger partial charge in [0.05, 0.1) is 0 Å². The summed E-state index contributed by atoms with van der Waals surface area (Å²) in [7, 11) is 0. The molecule has 3 heterocycles. The Bertz CT molecular complexity index is 992. The smallest absolute Gasteiger partial charge is 0.274 e. The lowest BCUT2D eigenvalue weighted by Crippen LogP contribution is -2.15. The summed E-state index contributed by atoms with van der Waals surface area (Å²) in [6.07, 6.45) is 4.51. The fourth-order valence-electron chi connectivity index (χ4n) is 3.45. The summed E-state index contributed by atoms with van der Waals surface area (Å²) < 4.78 is 2.21. The monoisotopic (exact) mass is 361 g/mol. The normalized spacial score (nSPS) is 13.7. The number of carbonyl (C=O) groups is 1. The zero-order valence-corrected chi connectivity index (χ0v) is 15.7. The average molecular weight is 361 g/mol. The summed E-state index contributed by atoms with van der Waals surface area (Å²) in [6.45, 7) is 4.80. The highest BCUT2D eigenvalue weighted by molar-refractivity contribution is 6.03. The molecule has 6 nitrogen and oxygen atoms in total. The second-order valence-corrected chi connectivity index (χ2v) is 7.05. The molecule has 0 radical (unpaired) electrons. The summed E-state index contributed by atoms with van der Waals surface area (Å²) in [5, 5.41) is 11.8. The van der Waals surface area contributed by atoms with Gasteiger partial charge in [0.15, 0.2) is 5.82 Å². The molecule has 3 aromatic rings. The predicted octanol–water partition coefficient (Wildman–Crippen LogP) is 3.94. The van der Waals surface area contributed by atoms with E-state index in [1.165, 1.54) is 6.42 Å². The van der Waals surface area contributed by atoms with Crippen molar-refractivity contribution in [3.05, 3.63) is 59.2 Å². The lowest BCUT2D eigenvalue weighted by atomic mass is 10.1. The first-order valence-electron chi connectivity index (χ1n) is 9.40. The summed E-state index contributed by atoms with van der Waals surface area (Å²) in [5.41, 5.74) is 3.96. The number of pyridine rings is 1. The highest BCUT2D eigenvalue weighted by Gasteiger charge is 2.17. The van der Waals surface area contributed by atoms with Gasteiger partial charge in [-0.05, 0) is 50.5 Å². The first-order chi connectivity index (χ1) is 13.1. The van der Waals surface area contributed by atoms with E-state index < -0.39 is 0 Å². The Morgan fingerprint density at radius 2 is 1.96 bits per heavy atom. The van der Waals surface area contributed by atoms with Gasteiger partial charge in [-0.15, -0.1) is 10.2 Å². The van der Waals surface area contributed by atoms with Crippen LogP contribution in [0.2, 0.25) is 0 Å². The molecule has 0 saturated heterocycles. The van der Waals surface area contributed by atoms with Gasteiger partial charge in [-0.25, -0.2) is 4.98 Å². The maximum Gasteiger partial charge on any atom is 0.274 e. The molecule has 1 aliphatic rings. The lowest BCUT2D eigenvalue weighted by Gasteiger charge is -2.12. The van der Waals surface area contributed by atoms with Crippen molar-refractivity contribution < 1.29 is 4.79 Å². The van der Waals surface area contributed by atoms with Crippen LogP contribution in [0.25, 0.3) is 11.4 Å². The van der Waals surface area contributed by atoms with Gasteiger partial charge in [0.2, 0.25) is 0 Å². The zero-order valence-electron chi connectivity index (χ0n) is 15.7. The number of hydrogen-bond donors (Lipinski definition) is 1. The van der Waals surface area contributed by atoms with Gasteiger partial charge in [-0.3, -0.25) is 4.79 Å². The van der Waals surface area contributed by atoms with E-state index in [-0.39, 0.29) is 5.91 Å². The zero-order chi connectivity index (χ0) is 18.8. The molecule has 1 aromatic carbocycles. The molecular formula is C21H23N5O. The van der Waals surface area contributed by atoms with Crippen molar-refractivity contribution in [3.8, 4) is 11.4 Å². The number of anilines is 1. The molecule has 27 heavy (non-hydrogen) atoms. The first-order valence-corrected chi connectivity index (χ1v) is 9.40. The summed E-state index contributed by atoms with van der Waals surface area (Å²) >= 11 is 0. The number of hydrogen-bond acceptors (Lipinski definition) is 4. The third kappa shape index (κ3) is 3.60. The largest absolute Gasteiger partial charge is 0.320 e. The predicted molar refractivity (Wildman–Crippen MR) is 105 cm³/mol. The van der Waals surface area contributed by atoms with E-state index in [9.17, 15) is 4.79 Å². The van der Waals surface area contributed by atoms with E-state index in [1.807, 2.05) is 44.2 Å². The Morgan fingerprint density at radius 3 is 2.81 bits per heavy atom. The van der Waals surface area contributed by atoms with Crippen LogP contribution in [-0.2, 0) is 13.0 Å². The van der Waals surface area contributed by atoms with Gasteiger partial charge in [0.25, 0.3) is 5.91 Å². The maximum absolute atomic E-state index is 12.6. The quantitative estimate of drug-likeness (QED) is 0.767. The van der Waals surface area contributed by atoms with E-state index in [2.05, 4.69) is 25.1 Å². The summed E-state index contributed by atoms with van der Waals surface area (Å²) in [4.78, 5) is 16.9. The number of aryl methyl sites for hydroxylation is 3. The van der Waals surface area contributed by atoms with E-state index in [0.717, 1.165) is 60.0 Å². The lowest BCUT2D eigenvalue weighted by molar-refractivity contribution is 0.102. The number of benzene rings is 1. The number of nitrogens with one attached hydrogen (secondary N) is 1. The molecule has 0 saturated carbocycles. The van der Waals surface area contributed by atoms with Crippen molar-refractivity contribution in [3.63, 3.8) is 0 Å². The van der Waals surface area contributed by atoms with Crippen LogP contribution in [0, 0.1) is 13.8 Å². The van der Waals surface area contributed by atoms with E-state index >= 15 is 0 Å². The fourth-order valence-corrected chi connectivity index (χ4v) is 3.45. The number of rotatable bonds is 3. The minimum atomic E-state index is -0.209. The Labute approximate surface area is 158 Å². The summed E-state index contributed by atoms with van der Waals surface area (Å²) in [5.74, 6) is 1.72. The van der Waals surface area contributed by atoms with Crippen molar-refractivity contribution in [2.45, 2.75) is 46.1 Å². The minimum absolute atomic E-state index is 0.209. The van der Waals surface area contributed by atoms with Crippen LogP contribution >= 0.6 is 0 Å². The third-order valence-corrected chi connectivity index (χ3v) is 4.97. The second-order valence-electron chi connectivity index (χ2n) is 7.05. The molecule has 4 rings (SSSR count). The fraction of sp³-hybridized carbons (Fsp3) is 0.333. The van der Waals surface area contributed by atoms with Crippen molar-refractivity contribution in [2.24, 2.45) is 0 Å². The Balaban J connectivity index is 1.64. The minimum Gasteiger partial charge on any atom is -0.320 e. The molecule has 0 atom stereocenters. The number of amides is 1. The highest BCUT2D eigenvalue weighted by Crippen LogP contribution is 2.27. The van der Waals surface area contributed by atoms with Gasteiger partial charge >= 0.3 is 0 Å². The molecular weight excluding hydrogens is 338 g/mol. The molecule has 0 fully saturated rings. The maximum atomic E-state index is 12.6. The van der Waals surface area contributed by atoms with Crippen LogP contribution in [0.3, 0.4) is 0 Å². The van der Waals surface area contributed by atoms with E-state index in [4.69, 9.17) is 0 Å². The molecule has 0 aliphatic carbocycles. The number of fused-ring (bicyclic) bond motifs is 1. The standard InChI is InChI=1S/C21H23N5O/c1-14-10-11-16(20-25-24-19-9-4-3-5-12-26(19)20)13-18(14)23-21(27)17-8-6-7-15(2)22-17/h6-8,10-11,13H,3-5,9,12H2,1-2H3,(H,23,27). The third-order valence-electron chi connectivity index (χ3n) is 4.97. The Kier molecular flexibility index (Phi) is 4.71. The van der Waals surface area contributed by atoms with Crippen molar-refractivity contribution in [1.82, 2.24) is 19.7 Å². The van der Waals surface area contributed by atoms with Gasteiger partial charge in [0.1, 0.15) is 11.5 Å². The summed E-state index contributed by atoms with van der Waals surface area (Å²) in [6, 6.07) is 11.5. The molecule has 138 valence electrons. The van der Waals surface area contributed by atoms with Gasteiger partial charge in [-0.1, -0.05) is 24.6 Å². The topological polar surface area (TPSA) is 72.7 Å². The van der Waals surface area contributed by atoms with E-state index in [0.29, 0.717) is 5.69 Å². The molecule has 1 amide bonds. The Hall–Kier alpha value is -3.02. The number of nitrogens with zero attached hydrogens (tertiary/aromatic N) is 4. The molecule has 0 spiro atoms. The number of aromatic nitrogens is 4. The van der Waals surface area contributed by atoms with Crippen LogP contribution < -0.4 is 5.32 Å². The highest BCUT2D eigenvalue weighted by atomic mass is 16.1. The van der Waals surface area contributed by atoms with Crippen LogP contribution in [0.4, 0.5) is 5.69 Å². The molecule has 1 aliphatic heterocycles. The molecule has 0 unspecified atom stereocenters. The van der Waals surface area contributed by atoms with Crippen molar-refractivity contribution in [2.75, 3.05) is 5.32 Å². The Morgan fingerprint density at radius 1 is 1.07 bits per heavy atom. The van der Waals surface area contributed by atoms with Gasteiger partial charge in [-0.2, -0.15) is 0 Å². The first kappa shape index (κ1) is 17.4. The van der Waals surface area contributed by atoms with Gasteiger partial charge in [0, 0.05) is 29.9 Å². The van der Waals surface area contributed by atoms with Crippen molar-refractivity contribution >= 4 is 11.6 Å². The SMILES string of the molecule is Cc1cccc(C(=O)Nc2cc(-c3nnc4n3CCCCC4)ccc2C)n1. The van der Waals surface area contributed by atoms with Crippen LogP contribution in [0.5, 0.6) is 0 Å². The number of carbonyl (C=O) groups excluding carboxylic acids is 1. The van der Waals surface area contributed by atoms with Gasteiger partial charge < -0.3 is 9.88 Å². The van der Waals surface area contributed by atoms with E-state index in [1.54, 1.807) is 6.07 Å². The molecule has 6 heteroatoms. The molecule has 0 bridgehead atoms. The average Bonchev–Trinajstić information content (AvgIpc) is 2.91. The second kappa shape index (κ2) is 7.31. The van der Waals surface area contributed by atoms with Crippen LogP contribution in [0.1, 0.15) is 46.8 Å². The van der Waals surface area contributed by atoms with Crippen LogP contribution in [-0.4, -0.2) is 25.7 Å².